The van der Waals surface area contributed by atoms with Gasteiger partial charge < -0.3 is 9.67 Å². The summed E-state index contributed by atoms with van der Waals surface area (Å²) in [5.74, 6) is 0. The molecule has 3 heterocycles. The first-order valence-corrected chi connectivity index (χ1v) is 6.71. The monoisotopic (exact) mass is 290 g/mol. The van der Waals surface area contributed by atoms with Gasteiger partial charge in [0.15, 0.2) is 0 Å². The van der Waals surface area contributed by atoms with Gasteiger partial charge in [-0.25, -0.2) is 4.98 Å². The van der Waals surface area contributed by atoms with Gasteiger partial charge in [-0.1, -0.05) is 11.6 Å². The SMILES string of the molecule is Cc1nn(C)c(Cn2cc(CO)c3cccnc32)c1Cl. The topological polar surface area (TPSA) is 55.9 Å². The van der Waals surface area contributed by atoms with Gasteiger partial charge in [-0.15, -0.1) is 0 Å². The second-order valence-corrected chi connectivity index (χ2v) is 5.16. The van der Waals surface area contributed by atoms with Gasteiger partial charge in [0.1, 0.15) is 5.65 Å². The van der Waals surface area contributed by atoms with E-state index in [0.717, 1.165) is 28.0 Å². The van der Waals surface area contributed by atoms with Crippen molar-refractivity contribution in [2.45, 2.75) is 20.1 Å². The average Bonchev–Trinajstić information content (AvgIpc) is 2.92. The summed E-state index contributed by atoms with van der Waals surface area (Å²) < 4.78 is 3.77. The van der Waals surface area contributed by atoms with E-state index in [-0.39, 0.29) is 6.61 Å². The second-order valence-electron chi connectivity index (χ2n) is 4.78. The highest BCUT2D eigenvalue weighted by Crippen LogP contribution is 2.24. The Morgan fingerprint density at radius 3 is 2.85 bits per heavy atom. The number of rotatable bonds is 3. The van der Waals surface area contributed by atoms with Crippen LogP contribution in [-0.4, -0.2) is 24.4 Å². The third kappa shape index (κ3) is 1.99. The quantitative estimate of drug-likeness (QED) is 0.805. The van der Waals surface area contributed by atoms with Crippen molar-refractivity contribution in [1.29, 1.82) is 0 Å². The summed E-state index contributed by atoms with van der Waals surface area (Å²) >= 11 is 6.29. The van der Waals surface area contributed by atoms with Crippen molar-refractivity contribution in [3.8, 4) is 0 Å². The Hall–Kier alpha value is -1.85. The number of nitrogens with zero attached hydrogens (tertiary/aromatic N) is 4. The zero-order valence-corrected chi connectivity index (χ0v) is 12.1. The molecule has 5 nitrogen and oxygen atoms in total. The summed E-state index contributed by atoms with van der Waals surface area (Å²) in [4.78, 5) is 4.39. The van der Waals surface area contributed by atoms with Crippen LogP contribution in [0.2, 0.25) is 5.02 Å². The highest BCUT2D eigenvalue weighted by atomic mass is 35.5. The Bertz CT molecular complexity index is 775. The van der Waals surface area contributed by atoms with Gasteiger partial charge in [0.25, 0.3) is 0 Å². The molecule has 0 fully saturated rings. The second kappa shape index (κ2) is 4.92. The average molecular weight is 291 g/mol. The Morgan fingerprint density at radius 1 is 1.40 bits per heavy atom. The van der Waals surface area contributed by atoms with Crippen LogP contribution in [0, 0.1) is 6.92 Å². The van der Waals surface area contributed by atoms with Crippen molar-refractivity contribution >= 4 is 22.6 Å². The van der Waals surface area contributed by atoms with Crippen LogP contribution < -0.4 is 0 Å². The van der Waals surface area contributed by atoms with Crippen molar-refractivity contribution in [2.24, 2.45) is 7.05 Å². The maximum absolute atomic E-state index is 9.44. The van der Waals surface area contributed by atoms with E-state index in [0.29, 0.717) is 11.6 Å². The molecule has 20 heavy (non-hydrogen) atoms. The summed E-state index contributed by atoms with van der Waals surface area (Å²) in [6, 6.07) is 3.83. The minimum absolute atomic E-state index is 0.00661. The molecule has 0 radical (unpaired) electrons. The molecule has 0 saturated carbocycles. The third-order valence-corrected chi connectivity index (χ3v) is 3.96. The molecular weight excluding hydrogens is 276 g/mol. The predicted octanol–water partition coefficient (Wildman–Crippen LogP) is 2.27. The maximum atomic E-state index is 9.44. The van der Waals surface area contributed by atoms with Crippen LogP contribution >= 0.6 is 11.6 Å². The number of pyridine rings is 1. The smallest absolute Gasteiger partial charge is 0.140 e. The lowest BCUT2D eigenvalue weighted by Crippen LogP contribution is -2.05. The summed E-state index contributed by atoms with van der Waals surface area (Å²) in [5.41, 5.74) is 3.45. The summed E-state index contributed by atoms with van der Waals surface area (Å²) in [6.45, 7) is 2.45. The first-order chi connectivity index (χ1) is 9.61. The number of aliphatic hydroxyl groups excluding tert-OH is 1. The van der Waals surface area contributed by atoms with E-state index in [1.54, 1.807) is 10.9 Å². The molecule has 3 rings (SSSR count). The molecular formula is C14H15ClN4O. The minimum Gasteiger partial charge on any atom is -0.392 e. The van der Waals surface area contributed by atoms with Crippen LogP contribution in [0.3, 0.4) is 0 Å². The zero-order chi connectivity index (χ0) is 14.3. The summed E-state index contributed by atoms with van der Waals surface area (Å²) in [5, 5.41) is 15.4. The molecule has 0 amide bonds. The molecule has 0 atom stereocenters. The van der Waals surface area contributed by atoms with Gasteiger partial charge >= 0.3 is 0 Å². The normalized spacial score (nSPS) is 11.4. The number of hydrogen-bond acceptors (Lipinski definition) is 3. The van der Waals surface area contributed by atoms with Gasteiger partial charge in [0.2, 0.25) is 0 Å². The van der Waals surface area contributed by atoms with Gasteiger partial charge in [0, 0.05) is 30.4 Å². The van der Waals surface area contributed by atoms with Gasteiger partial charge in [-0.3, -0.25) is 4.68 Å². The Labute approximate surface area is 121 Å². The molecule has 104 valence electrons. The van der Waals surface area contributed by atoms with E-state index < -0.39 is 0 Å². The lowest BCUT2D eigenvalue weighted by molar-refractivity contribution is 0.283. The Balaban J connectivity index is 2.11. The number of hydrogen-bond donors (Lipinski definition) is 1. The first-order valence-electron chi connectivity index (χ1n) is 6.33. The highest BCUT2D eigenvalue weighted by Gasteiger charge is 2.14. The van der Waals surface area contributed by atoms with E-state index in [1.807, 2.05) is 36.9 Å². The van der Waals surface area contributed by atoms with Crippen LogP contribution in [0.25, 0.3) is 11.0 Å². The van der Waals surface area contributed by atoms with E-state index >= 15 is 0 Å². The fraction of sp³-hybridized carbons (Fsp3) is 0.286. The molecule has 3 aromatic heterocycles. The van der Waals surface area contributed by atoms with E-state index in [9.17, 15) is 5.11 Å². The lowest BCUT2D eigenvalue weighted by atomic mass is 10.2. The standard InChI is InChI=1S/C14H15ClN4O/c1-9-13(15)12(18(2)17-9)7-19-6-10(8-20)11-4-3-5-16-14(11)19/h3-6,20H,7-8H2,1-2H3. The van der Waals surface area contributed by atoms with Gasteiger partial charge in [-0.2, -0.15) is 5.10 Å². The predicted molar refractivity (Wildman–Crippen MR) is 77.7 cm³/mol. The lowest BCUT2D eigenvalue weighted by Gasteiger charge is -2.05. The molecule has 3 aromatic rings. The van der Waals surface area contributed by atoms with Crippen molar-refractivity contribution in [3.05, 3.63) is 46.5 Å². The van der Waals surface area contributed by atoms with Gasteiger partial charge in [0.05, 0.1) is 29.6 Å². The number of aryl methyl sites for hydroxylation is 2. The van der Waals surface area contributed by atoms with Gasteiger partial charge in [-0.05, 0) is 19.1 Å². The maximum Gasteiger partial charge on any atom is 0.140 e. The number of fused-ring (bicyclic) bond motifs is 1. The third-order valence-electron chi connectivity index (χ3n) is 3.47. The molecule has 0 aromatic carbocycles. The molecule has 0 bridgehead atoms. The van der Waals surface area contributed by atoms with Crippen LogP contribution in [0.1, 0.15) is 17.0 Å². The van der Waals surface area contributed by atoms with E-state index in [4.69, 9.17) is 11.6 Å². The van der Waals surface area contributed by atoms with Crippen molar-refractivity contribution in [1.82, 2.24) is 19.3 Å². The van der Waals surface area contributed by atoms with Crippen molar-refractivity contribution < 1.29 is 5.11 Å². The summed E-state index contributed by atoms with van der Waals surface area (Å²) in [6.07, 6.45) is 3.66. The molecule has 0 aliphatic carbocycles. The van der Waals surface area contributed by atoms with Crippen LogP contribution in [0.4, 0.5) is 0 Å². The van der Waals surface area contributed by atoms with E-state index in [2.05, 4.69) is 10.1 Å². The number of aromatic nitrogens is 4. The zero-order valence-electron chi connectivity index (χ0n) is 11.3. The number of aliphatic hydroxyl groups is 1. The Kier molecular flexibility index (Phi) is 3.23. The number of halogens is 1. The molecule has 1 N–H and O–H groups in total. The molecule has 0 unspecified atom stereocenters. The fourth-order valence-electron chi connectivity index (χ4n) is 2.46. The minimum atomic E-state index is -0.00661. The molecule has 0 aliphatic rings. The fourth-order valence-corrected chi connectivity index (χ4v) is 2.67. The van der Waals surface area contributed by atoms with Crippen molar-refractivity contribution in [2.75, 3.05) is 0 Å². The van der Waals surface area contributed by atoms with Crippen LogP contribution in [0.5, 0.6) is 0 Å². The molecule has 0 saturated heterocycles. The molecule has 6 heteroatoms. The molecule has 0 aliphatic heterocycles. The van der Waals surface area contributed by atoms with E-state index in [1.165, 1.54) is 0 Å². The Morgan fingerprint density at radius 2 is 2.20 bits per heavy atom. The molecule has 0 spiro atoms. The highest BCUT2D eigenvalue weighted by molar-refractivity contribution is 6.31. The first kappa shape index (κ1) is 13.1. The van der Waals surface area contributed by atoms with Crippen LogP contribution in [0.15, 0.2) is 24.5 Å². The summed E-state index contributed by atoms with van der Waals surface area (Å²) in [7, 11) is 1.88. The largest absolute Gasteiger partial charge is 0.392 e. The van der Waals surface area contributed by atoms with Crippen LogP contribution in [-0.2, 0) is 20.2 Å². The van der Waals surface area contributed by atoms with Crippen molar-refractivity contribution in [3.63, 3.8) is 0 Å².